The molecule has 0 bridgehead atoms. The van der Waals surface area contributed by atoms with Crippen molar-refractivity contribution in [2.24, 2.45) is 32.9 Å². The number of hydrogen-bond acceptors (Lipinski definition) is 11. The van der Waals surface area contributed by atoms with Crippen molar-refractivity contribution in [1.82, 2.24) is 35.2 Å². The van der Waals surface area contributed by atoms with E-state index in [0.717, 1.165) is 38.9 Å². The summed E-state index contributed by atoms with van der Waals surface area (Å²) in [5.74, 6) is 2.05. The van der Waals surface area contributed by atoms with Crippen molar-refractivity contribution >= 4 is 88.1 Å². The monoisotopic (exact) mass is 1470 g/mol. The fourth-order valence-corrected chi connectivity index (χ4v) is 13.6. The lowest BCUT2D eigenvalue weighted by Crippen LogP contribution is -2.20. The molecule has 8 heterocycles. The molecule has 6 aromatic carbocycles. The standard InChI is InChI=1S/C13H15NO.2C13H15N.C12H13N.C12H14S.C10H12N2O.C9H13N.C7H12N2.C7H14/c1-13(2,3)11-8-14-12(15)10-7-5-4-6-9(10)11;1-13(2,3)11-7-4-8-12-10(11)6-5-9-14-12;1-13(2,3)12-9-14-8-10-6-4-5-7-11(10)12;1-9(2)11-5-3-4-10-8-13-7-6-12(10)11;1-12(2,3)10-8-13-11-7-5-4-6-9(10)11;1-10(2,3)7-5-4-6-8-9(7)12-13-11-8;1-9(2,3)8-6-4-5-7-10-8;1-7(2,3)6-4-8-9-5-6;1-7(2,3)6-4-5-6/h4-8H,1-3H3,(H,14,15);2*4-9H,1-3H3;3-9H,1-2H3;4-8H,1-3H3;4-6H,1-3H3;4-7H,1-3H3;4-6H,1-3H3;6H,4-5H2,1-3H3. The maximum absolute atomic E-state index is 11.6. The summed E-state index contributed by atoms with van der Waals surface area (Å²) in [6.07, 6.45) is 19.9. The second kappa shape index (κ2) is 36.7. The first-order chi connectivity index (χ1) is 50.5. The Morgan fingerprint density at radius 2 is 0.926 bits per heavy atom. The highest BCUT2D eigenvalue weighted by molar-refractivity contribution is 7.17. The predicted octanol–water partition coefficient (Wildman–Crippen LogP) is 26.5. The lowest BCUT2D eigenvalue weighted by molar-refractivity contribution is 0.315. The molecule has 2 aliphatic rings. The molecule has 570 valence electrons. The smallest absolute Gasteiger partial charge is 0.255 e. The van der Waals surface area contributed by atoms with Gasteiger partial charge in [0.2, 0.25) is 0 Å². The average Bonchev–Trinajstić information content (AvgIpc) is 1.12. The molecule has 12 heteroatoms. The molecule has 1 aliphatic carbocycles. The Balaban J connectivity index is 0.000000170. The van der Waals surface area contributed by atoms with Crippen molar-refractivity contribution in [1.29, 1.82) is 0 Å². The van der Waals surface area contributed by atoms with E-state index in [-0.39, 0.29) is 43.5 Å². The molecular formula is C96H123N9O2S. The van der Waals surface area contributed by atoms with E-state index in [0.29, 0.717) is 17.3 Å². The Labute approximate surface area is 650 Å². The number of benzene rings is 6. The number of hydrogen-bond donors (Lipinski definition) is 1. The second-order valence-electron chi connectivity index (χ2n) is 36.8. The molecule has 1 N–H and O–H groups in total. The molecular weight excluding hydrogens is 1340 g/mol. The van der Waals surface area contributed by atoms with Crippen molar-refractivity contribution < 1.29 is 4.63 Å². The number of nitrogens with one attached hydrogen (secondary N) is 1. The van der Waals surface area contributed by atoms with Crippen molar-refractivity contribution in [2.75, 3.05) is 0 Å². The Hall–Kier alpha value is -9.39. The molecule has 15 rings (SSSR count). The van der Waals surface area contributed by atoms with Crippen LogP contribution in [0.2, 0.25) is 0 Å². The highest BCUT2D eigenvalue weighted by atomic mass is 32.1. The first-order valence-electron chi connectivity index (χ1n) is 38.2. The van der Waals surface area contributed by atoms with Crippen LogP contribution >= 0.6 is 11.3 Å². The molecule has 11 nitrogen and oxygen atoms in total. The number of aromatic nitrogens is 7. The van der Waals surface area contributed by atoms with E-state index in [2.05, 4.69) is 340 Å². The molecule has 1 saturated carbocycles. The zero-order valence-corrected chi connectivity index (χ0v) is 70.6. The van der Waals surface area contributed by atoms with Gasteiger partial charge in [-0.1, -0.05) is 295 Å². The van der Waals surface area contributed by atoms with Crippen LogP contribution in [0.15, 0.2) is 232 Å². The minimum atomic E-state index is -0.0152. The second-order valence-corrected chi connectivity index (χ2v) is 37.7. The van der Waals surface area contributed by atoms with Crippen LogP contribution in [0.4, 0.5) is 0 Å². The number of fused-ring (bicyclic) bond motifs is 6. The van der Waals surface area contributed by atoms with E-state index in [9.17, 15) is 4.79 Å². The zero-order valence-electron chi connectivity index (χ0n) is 69.8. The maximum Gasteiger partial charge on any atom is 0.255 e. The summed E-state index contributed by atoms with van der Waals surface area (Å²) in [6, 6.07) is 55.7. The number of thiophene rings is 1. The fraction of sp³-hybridized carbons (Fsp3) is 0.406. The third kappa shape index (κ3) is 25.1. The van der Waals surface area contributed by atoms with Crippen LogP contribution in [0.1, 0.15) is 238 Å². The van der Waals surface area contributed by atoms with Crippen LogP contribution in [-0.4, -0.2) is 47.7 Å². The van der Waals surface area contributed by atoms with E-state index in [1.165, 1.54) is 83.2 Å². The average molecular weight is 1470 g/mol. The number of pyridine rings is 5. The summed E-state index contributed by atoms with van der Waals surface area (Å²) in [4.78, 5) is 31.4. The van der Waals surface area contributed by atoms with Gasteiger partial charge in [0.05, 0.1) is 5.52 Å². The Bertz CT molecular complexity index is 4970. The van der Waals surface area contributed by atoms with Crippen molar-refractivity contribution in [3.63, 3.8) is 0 Å². The Kier molecular flexibility index (Phi) is 29.2. The zero-order chi connectivity index (χ0) is 79.6. The van der Waals surface area contributed by atoms with Gasteiger partial charge in [-0.15, -0.1) is 11.3 Å². The van der Waals surface area contributed by atoms with Gasteiger partial charge in [-0.25, -0.2) is 4.63 Å². The summed E-state index contributed by atoms with van der Waals surface area (Å²) in [7, 11) is 0. The van der Waals surface area contributed by atoms with E-state index in [1.54, 1.807) is 0 Å². The SMILES string of the molecule is CC(C)(C)C1C=NN=C1.CC(C)(C)C1CC1.CC(C)(C)c1c[nH]c(=O)c2ccccc12.CC(C)(C)c1cccc2ncccc12.CC(C)(C)c1cccc2nonc12.CC(C)(C)c1ccccn1.CC(C)(C)c1cncc2ccccc12.CC(C)(C)c1csc2ccccc12.CC(C)c1cccc2cnccc12. The van der Waals surface area contributed by atoms with Crippen LogP contribution in [0.3, 0.4) is 0 Å². The van der Waals surface area contributed by atoms with Gasteiger partial charge in [0.25, 0.3) is 5.56 Å². The fourth-order valence-electron chi connectivity index (χ4n) is 12.4. The first-order valence-corrected chi connectivity index (χ1v) is 39.1. The maximum atomic E-state index is 11.6. The van der Waals surface area contributed by atoms with Crippen molar-refractivity contribution in [2.45, 2.75) is 231 Å². The molecule has 0 amide bonds. The van der Waals surface area contributed by atoms with E-state index < -0.39 is 0 Å². The number of rotatable bonds is 1. The lowest BCUT2D eigenvalue weighted by atomic mass is 9.83. The molecule has 0 spiro atoms. The topological polar surface area (TPSA) is 148 Å². The molecule has 0 unspecified atom stereocenters. The lowest BCUT2D eigenvalue weighted by Gasteiger charge is -2.20. The molecule has 0 saturated heterocycles. The van der Waals surface area contributed by atoms with Crippen LogP contribution in [0.25, 0.3) is 64.3 Å². The van der Waals surface area contributed by atoms with E-state index >= 15 is 0 Å². The van der Waals surface area contributed by atoms with Gasteiger partial charge < -0.3 is 4.98 Å². The normalized spacial score (nSPS) is 13.2. The van der Waals surface area contributed by atoms with Gasteiger partial charge in [0.15, 0.2) is 0 Å². The van der Waals surface area contributed by atoms with Crippen LogP contribution in [0.5, 0.6) is 0 Å². The van der Waals surface area contributed by atoms with Gasteiger partial charge in [0, 0.05) is 99.1 Å². The van der Waals surface area contributed by atoms with Gasteiger partial charge >= 0.3 is 0 Å². The molecule has 108 heavy (non-hydrogen) atoms. The minimum absolute atomic E-state index is 0.0152. The highest BCUT2D eigenvalue weighted by Crippen LogP contribution is 2.44. The number of aromatic amines is 1. The summed E-state index contributed by atoms with van der Waals surface area (Å²) in [6.45, 7) is 57.5. The van der Waals surface area contributed by atoms with Gasteiger partial charge in [-0.05, 0) is 182 Å². The van der Waals surface area contributed by atoms with Crippen molar-refractivity contribution in [3.8, 4) is 0 Å². The summed E-state index contributed by atoms with van der Waals surface area (Å²) in [5.41, 5.74) is 13.6. The molecule has 1 fully saturated rings. The summed E-state index contributed by atoms with van der Waals surface area (Å²) in [5, 5.41) is 27.1. The third-order valence-corrected chi connectivity index (χ3v) is 20.0. The summed E-state index contributed by atoms with van der Waals surface area (Å²) < 4.78 is 6.10. The van der Waals surface area contributed by atoms with E-state index in [4.69, 9.17) is 4.63 Å². The third-order valence-electron chi connectivity index (χ3n) is 19.0. The Morgan fingerprint density at radius 1 is 0.407 bits per heavy atom. The van der Waals surface area contributed by atoms with Crippen LogP contribution < -0.4 is 5.56 Å². The molecule has 0 radical (unpaired) electrons. The van der Waals surface area contributed by atoms with E-state index in [1.807, 2.05) is 122 Å². The number of nitrogens with zero attached hydrogens (tertiary/aromatic N) is 8. The highest BCUT2D eigenvalue weighted by Gasteiger charge is 2.33. The first kappa shape index (κ1) is 85.9. The molecule has 13 aromatic rings. The van der Waals surface area contributed by atoms with Crippen LogP contribution in [-0.2, 0) is 32.5 Å². The van der Waals surface area contributed by atoms with Crippen molar-refractivity contribution in [3.05, 3.63) is 262 Å². The van der Waals surface area contributed by atoms with Gasteiger partial charge in [-0.3, -0.25) is 24.7 Å². The quantitative estimate of drug-likeness (QED) is 0.171. The largest absolute Gasteiger partial charge is 0.328 e. The summed E-state index contributed by atoms with van der Waals surface area (Å²) >= 11 is 1.84. The number of H-pyrrole nitrogens is 1. The molecule has 7 aromatic heterocycles. The van der Waals surface area contributed by atoms with Crippen LogP contribution in [0, 0.1) is 22.7 Å². The van der Waals surface area contributed by atoms with Gasteiger partial charge in [0.1, 0.15) is 11.0 Å². The Morgan fingerprint density at radius 3 is 1.47 bits per heavy atom. The minimum Gasteiger partial charge on any atom is -0.328 e. The van der Waals surface area contributed by atoms with Gasteiger partial charge in [-0.2, -0.15) is 10.2 Å². The molecule has 1 aliphatic heterocycles. The molecule has 0 atom stereocenters. The predicted molar refractivity (Wildman–Crippen MR) is 466 cm³/mol.